The van der Waals surface area contributed by atoms with Crippen LogP contribution in [0.4, 0.5) is 0 Å². The molecule has 1 unspecified atom stereocenters. The summed E-state index contributed by atoms with van der Waals surface area (Å²) in [4.78, 5) is 19.4. The first kappa shape index (κ1) is 16.3. The average molecular weight is 332 g/mol. The van der Waals surface area contributed by atoms with Gasteiger partial charge in [-0.05, 0) is 36.8 Å². The standard InChI is InChI=1S/C17H24N4OS/c1-17(11-18)7-8-20(12-17)16(22)9-21-14-6-4-3-5-13(14)19-15(21)10-23-2/h3-6H,7-12,18H2,1-2H3. The molecule has 23 heavy (non-hydrogen) atoms. The van der Waals surface area contributed by atoms with E-state index in [1.54, 1.807) is 11.8 Å². The molecule has 124 valence electrons. The second kappa shape index (κ2) is 6.53. The van der Waals surface area contributed by atoms with Crippen LogP contribution in [0.5, 0.6) is 0 Å². The molecule has 2 N–H and O–H groups in total. The number of rotatable bonds is 5. The zero-order valence-corrected chi connectivity index (χ0v) is 14.6. The number of aromatic nitrogens is 2. The highest BCUT2D eigenvalue weighted by Gasteiger charge is 2.35. The Hall–Kier alpha value is -1.53. The fourth-order valence-corrected chi connectivity index (χ4v) is 3.66. The first-order chi connectivity index (χ1) is 11.1. The molecule has 1 aromatic carbocycles. The summed E-state index contributed by atoms with van der Waals surface area (Å²) in [7, 11) is 0. The van der Waals surface area contributed by atoms with Crippen LogP contribution in [0.15, 0.2) is 24.3 Å². The summed E-state index contributed by atoms with van der Waals surface area (Å²) < 4.78 is 2.06. The highest BCUT2D eigenvalue weighted by Crippen LogP contribution is 2.29. The molecule has 2 heterocycles. The molecule has 1 atom stereocenters. The molecule has 0 bridgehead atoms. The molecule has 1 fully saturated rings. The van der Waals surface area contributed by atoms with Crippen LogP contribution in [0.3, 0.4) is 0 Å². The molecule has 0 radical (unpaired) electrons. The minimum atomic E-state index is 0.0643. The van der Waals surface area contributed by atoms with Gasteiger partial charge in [0.25, 0.3) is 0 Å². The number of fused-ring (bicyclic) bond motifs is 1. The maximum atomic E-state index is 12.7. The van der Waals surface area contributed by atoms with E-state index >= 15 is 0 Å². The summed E-state index contributed by atoms with van der Waals surface area (Å²) in [6.45, 7) is 4.70. The Bertz CT molecular complexity index is 714. The largest absolute Gasteiger partial charge is 0.341 e. The number of likely N-dealkylation sites (tertiary alicyclic amines) is 1. The van der Waals surface area contributed by atoms with E-state index in [2.05, 4.69) is 22.7 Å². The van der Waals surface area contributed by atoms with Gasteiger partial charge in [0.1, 0.15) is 12.4 Å². The van der Waals surface area contributed by atoms with E-state index < -0.39 is 0 Å². The predicted octanol–water partition coefficient (Wildman–Crippen LogP) is 2.10. The van der Waals surface area contributed by atoms with Gasteiger partial charge in [-0.2, -0.15) is 11.8 Å². The third-order valence-corrected chi connectivity index (χ3v) is 5.25. The van der Waals surface area contributed by atoms with Crippen molar-refractivity contribution in [1.29, 1.82) is 0 Å². The second-order valence-electron chi connectivity index (χ2n) is 6.62. The lowest BCUT2D eigenvalue weighted by Gasteiger charge is -2.23. The lowest BCUT2D eigenvalue weighted by Crippen LogP contribution is -2.36. The number of thioether (sulfide) groups is 1. The monoisotopic (exact) mass is 332 g/mol. The second-order valence-corrected chi connectivity index (χ2v) is 7.48. The van der Waals surface area contributed by atoms with Crippen molar-refractivity contribution in [3.05, 3.63) is 30.1 Å². The van der Waals surface area contributed by atoms with Gasteiger partial charge in [0, 0.05) is 13.1 Å². The molecule has 2 aromatic rings. The zero-order chi connectivity index (χ0) is 16.4. The molecule has 6 heteroatoms. The number of hydrogen-bond acceptors (Lipinski definition) is 4. The Morgan fingerprint density at radius 3 is 2.91 bits per heavy atom. The van der Waals surface area contributed by atoms with Crippen molar-refractivity contribution in [3.8, 4) is 0 Å². The Morgan fingerprint density at radius 2 is 2.22 bits per heavy atom. The van der Waals surface area contributed by atoms with Crippen molar-refractivity contribution in [2.24, 2.45) is 11.1 Å². The third kappa shape index (κ3) is 3.23. The molecule has 1 saturated heterocycles. The van der Waals surface area contributed by atoms with E-state index in [9.17, 15) is 4.79 Å². The number of amides is 1. The van der Waals surface area contributed by atoms with Gasteiger partial charge < -0.3 is 15.2 Å². The van der Waals surface area contributed by atoms with Crippen LogP contribution < -0.4 is 5.73 Å². The smallest absolute Gasteiger partial charge is 0.242 e. The summed E-state index contributed by atoms with van der Waals surface area (Å²) in [5, 5.41) is 0. The number of benzene rings is 1. The molecule has 0 aliphatic carbocycles. The summed E-state index contributed by atoms with van der Waals surface area (Å²) in [5.74, 6) is 1.93. The van der Waals surface area contributed by atoms with Gasteiger partial charge in [-0.25, -0.2) is 4.98 Å². The van der Waals surface area contributed by atoms with Gasteiger partial charge in [-0.3, -0.25) is 4.79 Å². The van der Waals surface area contributed by atoms with Crippen LogP contribution in [0.1, 0.15) is 19.2 Å². The summed E-state index contributed by atoms with van der Waals surface area (Å²) in [5.41, 5.74) is 7.90. The van der Waals surface area contributed by atoms with E-state index in [0.29, 0.717) is 13.1 Å². The van der Waals surface area contributed by atoms with E-state index in [4.69, 9.17) is 5.73 Å². The lowest BCUT2D eigenvalue weighted by molar-refractivity contribution is -0.131. The molecule has 0 saturated carbocycles. The minimum Gasteiger partial charge on any atom is -0.341 e. The zero-order valence-electron chi connectivity index (χ0n) is 13.8. The highest BCUT2D eigenvalue weighted by atomic mass is 32.2. The van der Waals surface area contributed by atoms with Crippen LogP contribution in [-0.4, -0.2) is 46.2 Å². The molecular formula is C17H24N4OS. The number of nitrogens with zero attached hydrogens (tertiary/aromatic N) is 3. The van der Waals surface area contributed by atoms with Crippen molar-refractivity contribution < 1.29 is 4.79 Å². The van der Waals surface area contributed by atoms with E-state index in [1.165, 1.54) is 0 Å². The highest BCUT2D eigenvalue weighted by molar-refractivity contribution is 7.97. The SMILES string of the molecule is CSCc1nc2ccccc2n1CC(=O)N1CCC(C)(CN)C1. The van der Waals surface area contributed by atoms with Crippen LogP contribution >= 0.6 is 11.8 Å². The first-order valence-corrected chi connectivity index (χ1v) is 9.36. The van der Waals surface area contributed by atoms with Gasteiger partial charge in [0.15, 0.2) is 0 Å². The van der Waals surface area contributed by atoms with Crippen molar-refractivity contribution >= 4 is 28.7 Å². The summed E-state index contributed by atoms with van der Waals surface area (Å²) in [6, 6.07) is 8.02. The van der Waals surface area contributed by atoms with Crippen LogP contribution in [0.2, 0.25) is 0 Å². The molecule has 1 aromatic heterocycles. The third-order valence-electron chi connectivity index (χ3n) is 4.70. The number of carbonyl (C=O) groups excluding carboxylic acids is 1. The fourth-order valence-electron chi connectivity index (χ4n) is 3.18. The number of hydrogen-bond donors (Lipinski definition) is 1. The quantitative estimate of drug-likeness (QED) is 0.911. The first-order valence-electron chi connectivity index (χ1n) is 7.97. The van der Waals surface area contributed by atoms with E-state index in [-0.39, 0.29) is 11.3 Å². The van der Waals surface area contributed by atoms with Crippen molar-refractivity contribution in [2.45, 2.75) is 25.6 Å². The number of imidazole rings is 1. The van der Waals surface area contributed by atoms with E-state index in [1.807, 2.05) is 29.2 Å². The minimum absolute atomic E-state index is 0.0643. The predicted molar refractivity (Wildman–Crippen MR) is 95.3 cm³/mol. The van der Waals surface area contributed by atoms with Gasteiger partial charge in [-0.1, -0.05) is 19.1 Å². The van der Waals surface area contributed by atoms with Gasteiger partial charge in [-0.15, -0.1) is 0 Å². The average Bonchev–Trinajstić information content (AvgIpc) is 3.10. The number of carbonyl (C=O) groups is 1. The normalized spacial score (nSPS) is 21.3. The lowest BCUT2D eigenvalue weighted by atomic mass is 9.90. The Balaban J connectivity index is 1.83. The van der Waals surface area contributed by atoms with Crippen LogP contribution in [-0.2, 0) is 17.1 Å². The maximum Gasteiger partial charge on any atom is 0.242 e. The maximum absolute atomic E-state index is 12.7. The summed E-state index contributed by atoms with van der Waals surface area (Å²) >= 11 is 1.72. The molecular weight excluding hydrogens is 308 g/mol. The number of para-hydroxylation sites is 2. The molecule has 5 nitrogen and oxygen atoms in total. The molecule has 3 rings (SSSR count). The molecule has 1 amide bonds. The van der Waals surface area contributed by atoms with Gasteiger partial charge in [0.2, 0.25) is 5.91 Å². The Kier molecular flexibility index (Phi) is 4.64. The molecule has 1 aliphatic heterocycles. The van der Waals surface area contributed by atoms with Crippen molar-refractivity contribution in [1.82, 2.24) is 14.5 Å². The fraction of sp³-hybridized carbons (Fsp3) is 0.529. The van der Waals surface area contributed by atoms with Crippen molar-refractivity contribution in [3.63, 3.8) is 0 Å². The Labute approximate surface area is 141 Å². The van der Waals surface area contributed by atoms with Crippen LogP contribution in [0.25, 0.3) is 11.0 Å². The summed E-state index contributed by atoms with van der Waals surface area (Å²) in [6.07, 6.45) is 3.04. The van der Waals surface area contributed by atoms with E-state index in [0.717, 1.165) is 42.1 Å². The van der Waals surface area contributed by atoms with Gasteiger partial charge >= 0.3 is 0 Å². The topological polar surface area (TPSA) is 64.2 Å². The molecule has 1 aliphatic rings. The van der Waals surface area contributed by atoms with Gasteiger partial charge in [0.05, 0.1) is 16.8 Å². The number of nitrogens with two attached hydrogens (primary N) is 1. The van der Waals surface area contributed by atoms with Crippen molar-refractivity contribution in [2.75, 3.05) is 25.9 Å². The molecule has 0 spiro atoms. The van der Waals surface area contributed by atoms with Crippen LogP contribution in [0, 0.1) is 5.41 Å². The Morgan fingerprint density at radius 1 is 1.43 bits per heavy atom.